The number of ether oxygens (including phenoxy) is 1. The zero-order valence-corrected chi connectivity index (χ0v) is 16.5. The molecule has 28 heavy (non-hydrogen) atoms. The highest BCUT2D eigenvalue weighted by molar-refractivity contribution is 7.46. The van der Waals surface area contributed by atoms with Crippen LogP contribution in [-0.2, 0) is 32.0 Å². The van der Waals surface area contributed by atoms with E-state index in [2.05, 4.69) is 13.6 Å². The van der Waals surface area contributed by atoms with Gasteiger partial charge in [-0.1, -0.05) is 0 Å². The molecule has 0 aromatic carbocycles. The van der Waals surface area contributed by atoms with E-state index in [1.54, 1.807) is 0 Å². The van der Waals surface area contributed by atoms with Crippen molar-refractivity contribution in [1.29, 1.82) is 0 Å². The summed E-state index contributed by atoms with van der Waals surface area (Å²) in [7, 11) is -16.2. The van der Waals surface area contributed by atoms with E-state index in [1.165, 1.54) is 0 Å². The van der Waals surface area contributed by atoms with Crippen LogP contribution in [0.1, 0.15) is 6.42 Å². The Balaban J connectivity index is 3.32. The lowest BCUT2D eigenvalue weighted by atomic mass is 9.85. The predicted molar refractivity (Wildman–Crippen MR) is 84.2 cm³/mol. The standard InChI is InChI=1S/C9H21O16P3/c10-2-1-3-22-6-4(11)8(24-27(16,17)18)9(25-28(19,20)21)5(12)7(6)23-26(13,14)15/h4-12H,1-3H2,(H2,13,14,15)(H2,16,17,18)(H2,19,20,21)/t4-,5+,6+,7+,8-,9-/m1/s1. The van der Waals surface area contributed by atoms with E-state index in [-0.39, 0.29) is 13.0 Å². The molecule has 1 saturated carbocycles. The average Bonchev–Trinajstić information content (AvgIpc) is 2.48. The monoisotopic (exact) mass is 478 g/mol. The Morgan fingerprint density at radius 3 is 1.29 bits per heavy atom. The Labute approximate surface area is 157 Å². The molecule has 0 aliphatic heterocycles. The minimum absolute atomic E-state index is 0.0472. The van der Waals surface area contributed by atoms with Crippen LogP contribution in [0.3, 0.4) is 0 Å². The fraction of sp³-hybridized carbons (Fsp3) is 1.00. The second-order valence-electron chi connectivity index (χ2n) is 5.58. The number of hydrogen-bond donors (Lipinski definition) is 9. The van der Waals surface area contributed by atoms with Gasteiger partial charge in [-0.2, -0.15) is 0 Å². The first-order chi connectivity index (χ1) is 12.6. The first-order valence-electron chi connectivity index (χ1n) is 7.36. The van der Waals surface area contributed by atoms with Crippen LogP contribution in [0.4, 0.5) is 0 Å². The van der Waals surface area contributed by atoms with Gasteiger partial charge in [-0.3, -0.25) is 13.6 Å². The van der Waals surface area contributed by atoms with E-state index in [0.29, 0.717) is 0 Å². The van der Waals surface area contributed by atoms with Gasteiger partial charge in [0.1, 0.15) is 36.6 Å². The van der Waals surface area contributed by atoms with Gasteiger partial charge >= 0.3 is 23.5 Å². The summed E-state index contributed by atoms with van der Waals surface area (Å²) < 4.78 is 51.3. The maximum absolute atomic E-state index is 11.2. The van der Waals surface area contributed by atoms with Gasteiger partial charge in [-0.25, -0.2) is 13.7 Å². The highest BCUT2D eigenvalue weighted by atomic mass is 31.2. The summed E-state index contributed by atoms with van der Waals surface area (Å²) in [4.78, 5) is 53.8. The molecule has 9 N–H and O–H groups in total. The number of rotatable bonds is 10. The van der Waals surface area contributed by atoms with Gasteiger partial charge in [0, 0.05) is 13.2 Å². The maximum atomic E-state index is 11.2. The van der Waals surface area contributed by atoms with Gasteiger partial charge in [0.15, 0.2) is 0 Å². The van der Waals surface area contributed by atoms with Crippen molar-refractivity contribution >= 4 is 23.5 Å². The van der Waals surface area contributed by atoms with Crippen LogP contribution in [-0.4, -0.2) is 94.5 Å². The van der Waals surface area contributed by atoms with E-state index < -0.39 is 66.7 Å². The highest BCUT2D eigenvalue weighted by Crippen LogP contribution is 2.49. The summed E-state index contributed by atoms with van der Waals surface area (Å²) >= 11 is 0. The smallest absolute Gasteiger partial charge is 0.396 e. The quantitative estimate of drug-likeness (QED) is 0.111. The minimum atomic E-state index is -5.45. The third-order valence-electron chi connectivity index (χ3n) is 3.38. The molecule has 0 unspecified atom stereocenters. The van der Waals surface area contributed by atoms with Crippen LogP contribution >= 0.6 is 23.5 Å². The van der Waals surface area contributed by atoms with Crippen LogP contribution in [0.2, 0.25) is 0 Å². The van der Waals surface area contributed by atoms with Gasteiger partial charge in [0.25, 0.3) is 0 Å². The Hall–Kier alpha value is 0.170. The van der Waals surface area contributed by atoms with E-state index >= 15 is 0 Å². The minimum Gasteiger partial charge on any atom is -0.396 e. The van der Waals surface area contributed by atoms with E-state index in [9.17, 15) is 23.9 Å². The largest absolute Gasteiger partial charge is 0.470 e. The molecule has 1 rings (SSSR count). The molecule has 0 heterocycles. The molecular weight excluding hydrogens is 457 g/mol. The first-order valence-corrected chi connectivity index (χ1v) is 12.0. The van der Waals surface area contributed by atoms with Crippen LogP contribution in [0.5, 0.6) is 0 Å². The molecule has 168 valence electrons. The lowest BCUT2D eigenvalue weighted by Gasteiger charge is -2.46. The second-order valence-corrected chi connectivity index (χ2v) is 9.15. The maximum Gasteiger partial charge on any atom is 0.470 e. The molecule has 0 amide bonds. The fourth-order valence-electron chi connectivity index (χ4n) is 2.47. The molecule has 0 aromatic rings. The highest BCUT2D eigenvalue weighted by Gasteiger charge is 2.57. The molecule has 0 radical (unpaired) electrons. The van der Waals surface area contributed by atoms with Gasteiger partial charge < -0.3 is 49.4 Å². The van der Waals surface area contributed by atoms with Gasteiger partial charge in [0.05, 0.1) is 0 Å². The van der Waals surface area contributed by atoms with Crippen molar-refractivity contribution < 1.29 is 76.7 Å². The molecule has 0 bridgehead atoms. The molecular formula is C9H21O16P3. The molecule has 1 aliphatic carbocycles. The van der Waals surface area contributed by atoms with E-state index in [1.807, 2.05) is 0 Å². The van der Waals surface area contributed by atoms with Crippen LogP contribution in [0.25, 0.3) is 0 Å². The van der Waals surface area contributed by atoms with E-state index in [4.69, 9.17) is 39.2 Å². The lowest BCUT2D eigenvalue weighted by Crippen LogP contribution is -2.65. The van der Waals surface area contributed by atoms with Gasteiger partial charge in [0.2, 0.25) is 0 Å². The third kappa shape index (κ3) is 8.50. The topological polar surface area (TPSA) is 270 Å². The number of aliphatic hydroxyl groups is 3. The van der Waals surface area contributed by atoms with Crippen molar-refractivity contribution in [3.8, 4) is 0 Å². The second kappa shape index (κ2) is 9.98. The molecule has 6 atom stereocenters. The van der Waals surface area contributed by atoms with Crippen LogP contribution < -0.4 is 0 Å². The Bertz CT molecular complexity index is 637. The predicted octanol–water partition coefficient (Wildman–Crippen LogP) is -3.08. The average molecular weight is 478 g/mol. The Morgan fingerprint density at radius 2 is 0.964 bits per heavy atom. The Kier molecular flexibility index (Phi) is 9.34. The van der Waals surface area contributed by atoms with Crippen molar-refractivity contribution in [2.24, 2.45) is 0 Å². The molecule has 0 spiro atoms. The molecule has 16 nitrogen and oxygen atoms in total. The van der Waals surface area contributed by atoms with Gasteiger partial charge in [-0.05, 0) is 6.42 Å². The van der Waals surface area contributed by atoms with Crippen molar-refractivity contribution in [1.82, 2.24) is 0 Å². The van der Waals surface area contributed by atoms with E-state index in [0.717, 1.165) is 0 Å². The van der Waals surface area contributed by atoms with Crippen molar-refractivity contribution in [3.63, 3.8) is 0 Å². The normalized spacial score (nSPS) is 32.5. The zero-order valence-electron chi connectivity index (χ0n) is 13.8. The summed E-state index contributed by atoms with van der Waals surface area (Å²) in [5, 5.41) is 29.3. The fourth-order valence-corrected chi connectivity index (χ4v) is 4.16. The third-order valence-corrected chi connectivity index (χ3v) is 4.94. The molecule has 1 aliphatic rings. The van der Waals surface area contributed by atoms with Crippen molar-refractivity contribution in [2.75, 3.05) is 13.2 Å². The molecule has 0 aromatic heterocycles. The summed E-state index contributed by atoms with van der Waals surface area (Å²) in [5.41, 5.74) is 0. The van der Waals surface area contributed by atoms with Crippen molar-refractivity contribution in [2.45, 2.75) is 43.0 Å². The molecule has 1 fully saturated rings. The lowest BCUT2D eigenvalue weighted by molar-refractivity contribution is -0.225. The molecule has 0 saturated heterocycles. The van der Waals surface area contributed by atoms with Crippen molar-refractivity contribution in [3.05, 3.63) is 0 Å². The number of phosphoric ester groups is 3. The number of hydrogen-bond acceptors (Lipinski definition) is 10. The summed E-state index contributed by atoms with van der Waals surface area (Å²) in [6.07, 6.45) is -13.4. The van der Waals surface area contributed by atoms with Crippen LogP contribution in [0.15, 0.2) is 0 Å². The summed E-state index contributed by atoms with van der Waals surface area (Å²) in [6.45, 7) is -0.764. The summed E-state index contributed by atoms with van der Waals surface area (Å²) in [6, 6.07) is 0. The Morgan fingerprint density at radius 1 is 0.643 bits per heavy atom. The SMILES string of the molecule is O=P(O)(O)O[C@@H]1[C@@H](O)[C@H](OP(=O)(O)O)[C@@H](OCCCO)[C@@H](O)[C@H]1OP(=O)(O)O. The number of aliphatic hydroxyl groups excluding tert-OH is 3. The summed E-state index contributed by atoms with van der Waals surface area (Å²) in [5.74, 6) is 0. The number of phosphoric acid groups is 3. The van der Waals surface area contributed by atoms with Crippen LogP contribution in [0, 0.1) is 0 Å². The first kappa shape index (κ1) is 26.2. The molecule has 19 heteroatoms. The van der Waals surface area contributed by atoms with Gasteiger partial charge in [-0.15, -0.1) is 0 Å². The zero-order chi connectivity index (χ0) is 21.9.